The van der Waals surface area contributed by atoms with E-state index in [0.29, 0.717) is 0 Å². The number of hydrogen-bond acceptors (Lipinski definition) is 3. The summed E-state index contributed by atoms with van der Waals surface area (Å²) in [4.78, 5) is 19.0. The van der Waals surface area contributed by atoms with Crippen molar-refractivity contribution in [1.82, 2.24) is 0 Å². The topological polar surface area (TPSA) is 63.6 Å². The van der Waals surface area contributed by atoms with E-state index >= 15 is 0 Å². The number of carbonyl (C=O) groups excluding carboxylic acids is 1. The molecule has 0 saturated carbocycles. The zero-order chi connectivity index (χ0) is 5.86. The van der Waals surface area contributed by atoms with E-state index in [0.717, 1.165) is 6.92 Å². The molecule has 0 aliphatic rings. The third-order valence-electron chi connectivity index (χ3n) is 0.231. The van der Waals surface area contributed by atoms with Gasteiger partial charge < -0.3 is 12.7 Å². The van der Waals surface area contributed by atoms with Crippen LogP contribution in [0.3, 0.4) is 0 Å². The van der Waals surface area contributed by atoms with Crippen LogP contribution < -0.4 is 0 Å². The minimum absolute atomic E-state index is 0. The molecule has 0 radical (unpaired) electrons. The van der Waals surface area contributed by atoms with E-state index < -0.39 is 12.1 Å². The number of hydrogen-bond donors (Lipinski definition) is 1. The molecule has 0 rings (SSSR count). The van der Waals surface area contributed by atoms with Crippen molar-refractivity contribution in [2.24, 2.45) is 0 Å². The second-order valence-corrected chi connectivity index (χ2v) is 0.860. The van der Waals surface area contributed by atoms with Gasteiger partial charge in [-0.15, -0.1) is 0 Å². The molecule has 0 saturated heterocycles. The zero-order valence-corrected chi connectivity index (χ0v) is 6.59. The van der Waals surface area contributed by atoms with Crippen LogP contribution in [-0.4, -0.2) is 55.0 Å². The molecule has 5 heteroatoms. The van der Waals surface area contributed by atoms with Crippen LogP contribution in [0.5, 0.6) is 0 Å². The molecule has 0 unspecified atom stereocenters. The van der Waals surface area contributed by atoms with E-state index in [1.54, 1.807) is 0 Å². The Morgan fingerprint density at radius 3 is 2.00 bits per heavy atom. The first-order valence-electron chi connectivity index (χ1n) is 1.54. The summed E-state index contributed by atoms with van der Waals surface area (Å²) in [7, 11) is 0. The standard InChI is InChI=1S/C3H4O4.Ca.2H/c1-2(4)7-3(5)6;;;/h1H3,(H,5,6);;;/q;+2;2*-1. The molecule has 1 N–H and O–H groups in total. The van der Waals surface area contributed by atoms with Gasteiger partial charge in [-0.3, -0.25) is 4.79 Å². The molecule has 44 valence electrons. The van der Waals surface area contributed by atoms with Gasteiger partial charge in [0, 0.05) is 6.92 Å². The van der Waals surface area contributed by atoms with E-state index in [-0.39, 0.29) is 40.6 Å². The minimum Gasteiger partial charge on any atom is -1.00 e. The van der Waals surface area contributed by atoms with Gasteiger partial charge in [-0.05, 0) is 0 Å². The van der Waals surface area contributed by atoms with Gasteiger partial charge in [0.1, 0.15) is 0 Å². The first kappa shape index (κ1) is 11.1. The number of carboxylic acid groups (broad SMARTS) is 1. The molecular weight excluding hydrogens is 140 g/mol. The van der Waals surface area contributed by atoms with E-state index in [9.17, 15) is 9.59 Å². The van der Waals surface area contributed by atoms with Gasteiger partial charge in [0.15, 0.2) is 0 Å². The van der Waals surface area contributed by atoms with Crippen LogP contribution in [0.25, 0.3) is 0 Å². The van der Waals surface area contributed by atoms with E-state index in [1.165, 1.54) is 0 Å². The van der Waals surface area contributed by atoms with Gasteiger partial charge in [-0.25, -0.2) is 4.79 Å². The summed E-state index contributed by atoms with van der Waals surface area (Å²) in [6.45, 7) is 1.02. The predicted molar refractivity (Wildman–Crippen MR) is 27.8 cm³/mol. The van der Waals surface area contributed by atoms with Crippen molar-refractivity contribution in [3.05, 3.63) is 0 Å². The van der Waals surface area contributed by atoms with Crippen LogP contribution in [0, 0.1) is 0 Å². The average molecular weight is 146 g/mol. The summed E-state index contributed by atoms with van der Waals surface area (Å²) in [5.41, 5.74) is 0. The molecule has 0 amide bonds. The summed E-state index contributed by atoms with van der Waals surface area (Å²) in [5, 5.41) is 7.64. The Hall–Kier alpha value is 0.200. The molecule has 0 bridgehead atoms. The third kappa shape index (κ3) is 9.50. The first-order valence-corrected chi connectivity index (χ1v) is 1.54. The quantitative estimate of drug-likeness (QED) is 0.298. The van der Waals surface area contributed by atoms with Gasteiger partial charge in [0.25, 0.3) is 0 Å². The third-order valence-corrected chi connectivity index (χ3v) is 0.231. The number of esters is 1. The summed E-state index contributed by atoms with van der Waals surface area (Å²) in [6, 6.07) is 0. The molecule has 0 aliphatic carbocycles. The second-order valence-electron chi connectivity index (χ2n) is 0.860. The average Bonchev–Trinajstić information content (AvgIpc) is 1.27. The molecule has 0 heterocycles. The molecule has 4 nitrogen and oxygen atoms in total. The second kappa shape index (κ2) is 5.34. The fourth-order valence-electron chi connectivity index (χ4n) is 0.123. The summed E-state index contributed by atoms with van der Waals surface area (Å²) in [5.74, 6) is -0.812. The Morgan fingerprint density at radius 1 is 1.62 bits per heavy atom. The molecular formula is C3H6CaO4. The molecule has 0 fully saturated rings. The number of rotatable bonds is 0. The summed E-state index contributed by atoms with van der Waals surface area (Å²) < 4.78 is 3.53. The molecule has 0 aromatic heterocycles. The SMILES string of the molecule is CC(=O)OC(=O)O.[Ca+2].[H-].[H-]. The van der Waals surface area contributed by atoms with Crippen molar-refractivity contribution in [3.8, 4) is 0 Å². The van der Waals surface area contributed by atoms with Crippen molar-refractivity contribution in [3.63, 3.8) is 0 Å². The van der Waals surface area contributed by atoms with Gasteiger partial charge in [-0.2, -0.15) is 0 Å². The van der Waals surface area contributed by atoms with Crippen LogP contribution in [0.4, 0.5) is 4.79 Å². The van der Waals surface area contributed by atoms with E-state index in [1.807, 2.05) is 0 Å². The predicted octanol–water partition coefficient (Wildman–Crippen LogP) is 0.0717. The molecule has 0 atom stereocenters. The van der Waals surface area contributed by atoms with Crippen LogP contribution in [0.15, 0.2) is 0 Å². The Bertz CT molecular complexity index is 94.7. The van der Waals surface area contributed by atoms with Crippen LogP contribution >= 0.6 is 0 Å². The van der Waals surface area contributed by atoms with Gasteiger partial charge >= 0.3 is 49.9 Å². The first-order chi connectivity index (χ1) is 3.13. The monoisotopic (exact) mass is 146 g/mol. The van der Waals surface area contributed by atoms with Crippen LogP contribution in [-0.2, 0) is 9.53 Å². The minimum atomic E-state index is -1.56. The Morgan fingerprint density at radius 2 is 2.00 bits per heavy atom. The maximum atomic E-state index is 9.65. The van der Waals surface area contributed by atoms with Crippen LogP contribution in [0.1, 0.15) is 9.78 Å². The Kier molecular flexibility index (Phi) is 7.38. The van der Waals surface area contributed by atoms with Gasteiger partial charge in [0.05, 0.1) is 0 Å². The largest absolute Gasteiger partial charge is 2.00 e. The van der Waals surface area contributed by atoms with Crippen molar-refractivity contribution in [2.75, 3.05) is 0 Å². The molecule has 0 spiro atoms. The fourth-order valence-corrected chi connectivity index (χ4v) is 0.123. The smallest absolute Gasteiger partial charge is 1.00 e. The molecule has 0 aromatic carbocycles. The van der Waals surface area contributed by atoms with E-state index in [2.05, 4.69) is 4.74 Å². The summed E-state index contributed by atoms with van der Waals surface area (Å²) >= 11 is 0. The maximum Gasteiger partial charge on any atom is 2.00 e. The van der Waals surface area contributed by atoms with Crippen molar-refractivity contribution in [1.29, 1.82) is 0 Å². The maximum absolute atomic E-state index is 9.65. The molecule has 8 heavy (non-hydrogen) atoms. The number of carbonyl (C=O) groups is 2. The number of ether oxygens (including phenoxy) is 1. The normalized spacial score (nSPS) is 6.62. The van der Waals surface area contributed by atoms with Crippen molar-refractivity contribution in [2.45, 2.75) is 6.92 Å². The zero-order valence-electron chi connectivity index (χ0n) is 6.38. The van der Waals surface area contributed by atoms with Gasteiger partial charge in [0.2, 0.25) is 0 Å². The van der Waals surface area contributed by atoms with E-state index in [4.69, 9.17) is 5.11 Å². The Labute approximate surface area is 78.8 Å². The molecule has 0 aromatic rings. The Balaban J connectivity index is -0.0000000600. The van der Waals surface area contributed by atoms with Gasteiger partial charge in [-0.1, -0.05) is 0 Å². The fraction of sp³-hybridized carbons (Fsp3) is 0.333. The molecule has 0 aliphatic heterocycles. The van der Waals surface area contributed by atoms with Crippen molar-refractivity contribution < 1.29 is 22.3 Å². The summed E-state index contributed by atoms with van der Waals surface area (Å²) in [6.07, 6.45) is -1.56. The van der Waals surface area contributed by atoms with Crippen LogP contribution in [0.2, 0.25) is 0 Å². The van der Waals surface area contributed by atoms with Crippen molar-refractivity contribution >= 4 is 49.9 Å².